The smallest absolute Gasteiger partial charge is 0.342 e. The van der Waals surface area contributed by atoms with Gasteiger partial charge in [0.1, 0.15) is 28.9 Å². The van der Waals surface area contributed by atoms with Crippen molar-refractivity contribution in [3.63, 3.8) is 0 Å². The molecule has 1 aromatic carbocycles. The van der Waals surface area contributed by atoms with E-state index in [0.717, 1.165) is 6.07 Å². The highest BCUT2D eigenvalue weighted by atomic mass is 16.5. The molecule has 6 nitrogen and oxygen atoms in total. The molecule has 0 aromatic heterocycles. The number of allylic oxidation sites excluding steroid dienone is 1. The number of phenols is 2. The number of cyclic esters (lactones) is 1. The molecule has 0 aliphatic carbocycles. The van der Waals surface area contributed by atoms with Gasteiger partial charge >= 0.3 is 5.97 Å². The molecule has 0 saturated carbocycles. The van der Waals surface area contributed by atoms with Crippen LogP contribution < -0.4 is 0 Å². The number of hydrogen-bond donors (Lipinski definition) is 2. The van der Waals surface area contributed by atoms with Gasteiger partial charge in [0, 0.05) is 12.5 Å². The monoisotopic (exact) mass is 360 g/mol. The van der Waals surface area contributed by atoms with Crippen LogP contribution in [0.3, 0.4) is 0 Å². The number of ether oxygens (including phenoxy) is 1. The fraction of sp³-hybridized carbons (Fsp3) is 0.450. The van der Waals surface area contributed by atoms with Crippen LogP contribution in [0.2, 0.25) is 0 Å². The molecule has 1 heterocycles. The molecule has 0 amide bonds. The zero-order chi connectivity index (χ0) is 19.3. The molecule has 26 heavy (non-hydrogen) atoms. The molecule has 1 aliphatic heterocycles. The zero-order valence-corrected chi connectivity index (χ0v) is 15.0. The summed E-state index contributed by atoms with van der Waals surface area (Å²) < 4.78 is 5.34. The van der Waals surface area contributed by atoms with Crippen LogP contribution in [-0.4, -0.2) is 33.9 Å². The second-order valence-electron chi connectivity index (χ2n) is 6.66. The lowest BCUT2D eigenvalue weighted by molar-refractivity contribution is -0.129. The minimum atomic E-state index is -0.664. The zero-order valence-electron chi connectivity index (χ0n) is 15.0. The van der Waals surface area contributed by atoms with Crippen LogP contribution in [0, 0.1) is 5.92 Å². The Morgan fingerprint density at radius 2 is 1.92 bits per heavy atom. The van der Waals surface area contributed by atoms with Crippen molar-refractivity contribution in [3.05, 3.63) is 35.4 Å². The van der Waals surface area contributed by atoms with Crippen LogP contribution in [-0.2, 0) is 20.7 Å². The Morgan fingerprint density at radius 1 is 1.19 bits per heavy atom. The Balaban J connectivity index is 2.32. The molecule has 2 atom stereocenters. The summed E-state index contributed by atoms with van der Waals surface area (Å²) in [6, 6.07) is 2.54. The number of carbonyl (C=O) groups excluding carboxylic acids is 3. The average molecular weight is 360 g/mol. The molecule has 0 spiro atoms. The molecule has 0 fully saturated rings. The van der Waals surface area contributed by atoms with Crippen molar-refractivity contribution in [3.8, 4) is 11.5 Å². The van der Waals surface area contributed by atoms with Crippen molar-refractivity contribution in [2.45, 2.75) is 52.1 Å². The van der Waals surface area contributed by atoms with Gasteiger partial charge in [-0.2, -0.15) is 0 Å². The first-order valence-electron chi connectivity index (χ1n) is 8.76. The summed E-state index contributed by atoms with van der Waals surface area (Å²) in [7, 11) is 0. The van der Waals surface area contributed by atoms with Gasteiger partial charge < -0.3 is 14.9 Å². The van der Waals surface area contributed by atoms with Crippen LogP contribution in [0.1, 0.15) is 55.5 Å². The number of aryl methyl sites for hydroxylation is 1. The SMILES string of the molecule is CC(=O)C1CCCCc2cc(O)cc(O)c2C(=O)O[C@@H](C)C/C=C\C1=O. The van der Waals surface area contributed by atoms with Crippen LogP contribution in [0.25, 0.3) is 0 Å². The number of Topliss-reactive ketones (excluding diaryl/α,β-unsaturated/α-hetero) is 1. The number of aromatic hydroxyl groups is 2. The first-order valence-corrected chi connectivity index (χ1v) is 8.76. The number of benzene rings is 1. The van der Waals surface area contributed by atoms with Crippen LogP contribution >= 0.6 is 0 Å². The largest absolute Gasteiger partial charge is 0.508 e. The van der Waals surface area contributed by atoms with E-state index in [-0.39, 0.29) is 28.6 Å². The fourth-order valence-electron chi connectivity index (χ4n) is 3.09. The first kappa shape index (κ1) is 19.7. The van der Waals surface area contributed by atoms with E-state index in [2.05, 4.69) is 0 Å². The van der Waals surface area contributed by atoms with E-state index in [1.807, 2.05) is 0 Å². The highest BCUT2D eigenvalue weighted by Gasteiger charge is 2.23. The quantitative estimate of drug-likeness (QED) is 0.589. The average Bonchev–Trinajstić information content (AvgIpc) is 2.52. The van der Waals surface area contributed by atoms with Crippen molar-refractivity contribution in [1.82, 2.24) is 0 Å². The Labute approximate surface area is 152 Å². The topological polar surface area (TPSA) is 101 Å². The number of ketones is 2. The summed E-state index contributed by atoms with van der Waals surface area (Å²) in [5, 5.41) is 19.8. The molecule has 1 aromatic rings. The van der Waals surface area contributed by atoms with E-state index in [1.54, 1.807) is 13.0 Å². The molecule has 6 heteroatoms. The predicted octanol–water partition coefficient (Wildman–Crippen LogP) is 3.09. The molecule has 0 saturated heterocycles. The molecule has 140 valence electrons. The van der Waals surface area contributed by atoms with Gasteiger partial charge in [-0.25, -0.2) is 4.79 Å². The van der Waals surface area contributed by atoms with Crippen molar-refractivity contribution >= 4 is 17.5 Å². The number of hydrogen-bond acceptors (Lipinski definition) is 6. The molecule has 1 unspecified atom stereocenters. The van der Waals surface area contributed by atoms with Crippen molar-refractivity contribution < 1.29 is 29.3 Å². The lowest BCUT2D eigenvalue weighted by atomic mass is 9.91. The third-order valence-corrected chi connectivity index (χ3v) is 4.47. The number of fused-ring (bicyclic) bond motifs is 1. The maximum absolute atomic E-state index is 12.4. The van der Waals surface area contributed by atoms with Gasteiger partial charge in [-0.1, -0.05) is 12.5 Å². The van der Waals surface area contributed by atoms with E-state index >= 15 is 0 Å². The van der Waals surface area contributed by atoms with Crippen LogP contribution in [0.15, 0.2) is 24.3 Å². The molecular formula is C20H24O6. The Bertz CT molecular complexity index is 734. The Morgan fingerprint density at radius 3 is 2.62 bits per heavy atom. The van der Waals surface area contributed by atoms with Gasteiger partial charge in [-0.15, -0.1) is 0 Å². The molecule has 2 N–H and O–H groups in total. The molecule has 0 radical (unpaired) electrons. The molecule has 1 aliphatic rings. The molecule has 2 rings (SSSR count). The highest BCUT2D eigenvalue weighted by Crippen LogP contribution is 2.30. The van der Waals surface area contributed by atoms with Gasteiger partial charge in [0.05, 0.1) is 5.92 Å². The van der Waals surface area contributed by atoms with Gasteiger partial charge in [0.25, 0.3) is 0 Å². The van der Waals surface area contributed by atoms with Gasteiger partial charge in [-0.3, -0.25) is 9.59 Å². The number of phenolic OH excluding ortho intramolecular Hbond substituents is 2. The lowest BCUT2D eigenvalue weighted by Crippen LogP contribution is -2.21. The van der Waals surface area contributed by atoms with Gasteiger partial charge in [0.2, 0.25) is 0 Å². The van der Waals surface area contributed by atoms with Crippen molar-refractivity contribution in [1.29, 1.82) is 0 Å². The third kappa shape index (κ3) is 4.94. The summed E-state index contributed by atoms with van der Waals surface area (Å²) in [6.07, 6.45) is 4.83. The summed E-state index contributed by atoms with van der Waals surface area (Å²) in [5.74, 6) is -2.18. The van der Waals surface area contributed by atoms with E-state index in [1.165, 1.54) is 19.1 Å². The number of rotatable bonds is 1. The van der Waals surface area contributed by atoms with Gasteiger partial charge in [0.15, 0.2) is 5.78 Å². The third-order valence-electron chi connectivity index (χ3n) is 4.47. The van der Waals surface area contributed by atoms with E-state index in [0.29, 0.717) is 37.7 Å². The molecule has 0 bridgehead atoms. The van der Waals surface area contributed by atoms with E-state index in [9.17, 15) is 24.6 Å². The lowest BCUT2D eigenvalue weighted by Gasteiger charge is -2.16. The van der Waals surface area contributed by atoms with Crippen LogP contribution in [0.4, 0.5) is 0 Å². The predicted molar refractivity (Wildman–Crippen MR) is 95.1 cm³/mol. The van der Waals surface area contributed by atoms with Gasteiger partial charge in [-0.05, 0) is 50.8 Å². The van der Waals surface area contributed by atoms with Crippen molar-refractivity contribution in [2.24, 2.45) is 5.92 Å². The van der Waals surface area contributed by atoms with Crippen LogP contribution in [0.5, 0.6) is 11.5 Å². The molecular weight excluding hydrogens is 336 g/mol. The summed E-state index contributed by atoms with van der Waals surface area (Å²) in [6.45, 7) is 3.09. The number of esters is 1. The first-order chi connectivity index (χ1) is 12.3. The fourth-order valence-corrected chi connectivity index (χ4v) is 3.09. The Hall–Kier alpha value is -2.63. The maximum Gasteiger partial charge on any atom is 0.342 e. The summed E-state index contributed by atoms with van der Waals surface area (Å²) in [5.41, 5.74) is 0.535. The maximum atomic E-state index is 12.4. The highest BCUT2D eigenvalue weighted by molar-refractivity contribution is 6.06. The van der Waals surface area contributed by atoms with Crippen molar-refractivity contribution in [2.75, 3.05) is 0 Å². The minimum Gasteiger partial charge on any atom is -0.508 e. The standard InChI is InChI=1S/C20H24O6/c1-12-6-5-9-17(23)16(13(2)21)8-4-3-7-14-10-15(22)11-18(24)19(14)20(25)26-12/h5,9-12,16,22,24H,3-4,6-8H2,1-2H3/b9-5-/t12-,16?/m0/s1. The van der Waals surface area contributed by atoms with E-state index < -0.39 is 18.0 Å². The minimum absolute atomic E-state index is 0.0508. The van der Waals surface area contributed by atoms with E-state index in [4.69, 9.17) is 4.74 Å². The summed E-state index contributed by atoms with van der Waals surface area (Å²) >= 11 is 0. The second-order valence-corrected chi connectivity index (χ2v) is 6.66. The second kappa shape index (κ2) is 8.65. The summed E-state index contributed by atoms with van der Waals surface area (Å²) in [4.78, 5) is 36.4. The normalized spacial score (nSPS) is 23.5. The number of carbonyl (C=O) groups is 3. The Kier molecular flexibility index (Phi) is 6.55.